The largest absolute Gasteiger partial charge is 0.359 e. The lowest BCUT2D eigenvalue weighted by Crippen LogP contribution is -2.27. The third-order valence-electron chi connectivity index (χ3n) is 3.06. The molecule has 0 spiro atoms. The summed E-state index contributed by atoms with van der Waals surface area (Å²) in [5, 5.41) is 0. The molecule has 20 heavy (non-hydrogen) atoms. The molecule has 0 fully saturated rings. The number of nitrogens with two attached hydrogens (primary N) is 1. The highest BCUT2D eigenvalue weighted by atomic mass is 32.2. The summed E-state index contributed by atoms with van der Waals surface area (Å²) in [5.74, 6) is 0.879. The van der Waals surface area contributed by atoms with Crippen LogP contribution in [0.1, 0.15) is 32.0 Å². The first kappa shape index (κ1) is 16.9. The molecule has 6 heteroatoms. The molecule has 0 unspecified atom stereocenters. The highest BCUT2D eigenvalue weighted by molar-refractivity contribution is 7.90. The van der Waals surface area contributed by atoms with Gasteiger partial charge in [0.1, 0.15) is 15.7 Å². The lowest BCUT2D eigenvalue weighted by molar-refractivity contribution is 0.567. The molecule has 0 saturated carbocycles. The van der Waals surface area contributed by atoms with E-state index in [9.17, 15) is 8.42 Å². The van der Waals surface area contributed by atoms with Crippen molar-refractivity contribution in [1.29, 1.82) is 0 Å². The van der Waals surface area contributed by atoms with Crippen LogP contribution in [0.5, 0.6) is 0 Å². The molecule has 0 aliphatic heterocycles. The summed E-state index contributed by atoms with van der Waals surface area (Å²) in [7, 11) is -1.13. The van der Waals surface area contributed by atoms with Crippen molar-refractivity contribution in [2.75, 3.05) is 30.5 Å². The quantitative estimate of drug-likeness (QED) is 0.887. The fraction of sp³-hybridized carbons (Fsp3) is 0.643. The molecule has 2 N–H and O–H groups in total. The second-order valence-corrected chi connectivity index (χ2v) is 8.48. The number of anilines is 1. The van der Waals surface area contributed by atoms with Crippen LogP contribution < -0.4 is 10.6 Å². The van der Waals surface area contributed by atoms with Gasteiger partial charge < -0.3 is 10.6 Å². The average molecular weight is 299 g/mol. The summed E-state index contributed by atoms with van der Waals surface area (Å²) >= 11 is 0. The fourth-order valence-corrected chi connectivity index (χ4v) is 2.29. The summed E-state index contributed by atoms with van der Waals surface area (Å²) in [4.78, 5) is 6.49. The van der Waals surface area contributed by atoms with E-state index in [0.29, 0.717) is 13.1 Å². The molecular formula is C14H25N3O2S. The van der Waals surface area contributed by atoms with Gasteiger partial charge in [0, 0.05) is 37.5 Å². The van der Waals surface area contributed by atoms with Crippen LogP contribution in [-0.2, 0) is 21.8 Å². The SMILES string of the molecule is CN(CCS(C)(=O)=O)c1cc(CN)cc(C(C)(C)C)n1. The van der Waals surface area contributed by atoms with Gasteiger partial charge in [-0.3, -0.25) is 0 Å². The lowest BCUT2D eigenvalue weighted by atomic mass is 9.90. The highest BCUT2D eigenvalue weighted by Gasteiger charge is 2.18. The van der Waals surface area contributed by atoms with Crippen LogP contribution in [0.2, 0.25) is 0 Å². The van der Waals surface area contributed by atoms with Crippen LogP contribution in [0.15, 0.2) is 12.1 Å². The van der Waals surface area contributed by atoms with Gasteiger partial charge in [0.15, 0.2) is 0 Å². The van der Waals surface area contributed by atoms with Crippen molar-refractivity contribution in [3.63, 3.8) is 0 Å². The van der Waals surface area contributed by atoms with Gasteiger partial charge in [-0.05, 0) is 17.7 Å². The fourth-order valence-electron chi connectivity index (χ4n) is 1.69. The van der Waals surface area contributed by atoms with E-state index in [4.69, 9.17) is 5.73 Å². The van der Waals surface area contributed by atoms with Gasteiger partial charge in [0.05, 0.1) is 5.75 Å². The molecule has 0 atom stereocenters. The minimum absolute atomic E-state index is 0.0718. The van der Waals surface area contributed by atoms with Crippen LogP contribution in [0.4, 0.5) is 5.82 Å². The summed E-state index contributed by atoms with van der Waals surface area (Å²) in [6.45, 7) is 7.14. The third kappa shape index (κ3) is 5.09. The zero-order valence-electron chi connectivity index (χ0n) is 13.0. The van der Waals surface area contributed by atoms with Crippen molar-refractivity contribution in [2.45, 2.75) is 32.7 Å². The molecular weight excluding hydrogens is 274 g/mol. The molecule has 0 aromatic carbocycles. The van der Waals surface area contributed by atoms with E-state index in [0.717, 1.165) is 17.1 Å². The second kappa shape index (κ2) is 6.10. The van der Waals surface area contributed by atoms with Crippen molar-refractivity contribution < 1.29 is 8.42 Å². The molecule has 0 aliphatic carbocycles. The van der Waals surface area contributed by atoms with Crippen molar-refractivity contribution >= 4 is 15.7 Å². The first-order chi connectivity index (χ1) is 9.03. The van der Waals surface area contributed by atoms with Crippen molar-refractivity contribution in [2.24, 2.45) is 5.73 Å². The van der Waals surface area contributed by atoms with Crippen LogP contribution in [0, 0.1) is 0 Å². The van der Waals surface area contributed by atoms with Crippen molar-refractivity contribution in [3.8, 4) is 0 Å². The predicted octanol–water partition coefficient (Wildman–Crippen LogP) is 1.32. The summed E-state index contributed by atoms with van der Waals surface area (Å²) in [5.41, 5.74) is 7.63. The number of sulfone groups is 1. The number of hydrogen-bond acceptors (Lipinski definition) is 5. The predicted molar refractivity (Wildman–Crippen MR) is 83.8 cm³/mol. The Hall–Kier alpha value is -1.14. The minimum atomic E-state index is -2.98. The maximum Gasteiger partial charge on any atom is 0.149 e. The molecule has 1 aromatic heterocycles. The Morgan fingerprint density at radius 1 is 1.30 bits per heavy atom. The Morgan fingerprint density at radius 3 is 2.35 bits per heavy atom. The van der Waals surface area contributed by atoms with E-state index in [1.165, 1.54) is 6.26 Å². The minimum Gasteiger partial charge on any atom is -0.359 e. The van der Waals surface area contributed by atoms with Gasteiger partial charge >= 0.3 is 0 Å². The summed E-state index contributed by atoms with van der Waals surface area (Å²) in [6, 6.07) is 3.92. The molecule has 0 radical (unpaired) electrons. The molecule has 1 heterocycles. The molecule has 1 aromatic rings. The Labute approximate surface area is 122 Å². The monoisotopic (exact) mass is 299 g/mol. The lowest BCUT2D eigenvalue weighted by Gasteiger charge is -2.24. The Morgan fingerprint density at radius 2 is 1.90 bits per heavy atom. The van der Waals surface area contributed by atoms with E-state index >= 15 is 0 Å². The molecule has 0 aliphatic rings. The first-order valence-electron chi connectivity index (χ1n) is 6.63. The second-order valence-electron chi connectivity index (χ2n) is 6.22. The van der Waals surface area contributed by atoms with Gasteiger partial charge in [0.25, 0.3) is 0 Å². The molecule has 1 rings (SSSR count). The zero-order valence-corrected chi connectivity index (χ0v) is 13.8. The average Bonchev–Trinajstić information content (AvgIpc) is 2.33. The number of nitrogens with zero attached hydrogens (tertiary/aromatic N) is 2. The Kier molecular flexibility index (Phi) is 5.15. The van der Waals surface area contributed by atoms with Crippen LogP contribution >= 0.6 is 0 Å². The standard InChI is InChI=1S/C14H25N3O2S/c1-14(2,3)12-8-11(10-15)9-13(16-12)17(4)6-7-20(5,18)19/h8-9H,6-7,10,15H2,1-5H3. The molecule has 5 nitrogen and oxygen atoms in total. The smallest absolute Gasteiger partial charge is 0.149 e. The number of hydrogen-bond donors (Lipinski definition) is 1. The third-order valence-corrected chi connectivity index (χ3v) is 3.99. The molecule has 114 valence electrons. The van der Waals surface area contributed by atoms with Crippen LogP contribution in [-0.4, -0.2) is 39.0 Å². The maximum atomic E-state index is 11.2. The van der Waals surface area contributed by atoms with E-state index in [-0.39, 0.29) is 11.2 Å². The topological polar surface area (TPSA) is 76.3 Å². The summed E-state index contributed by atoms with van der Waals surface area (Å²) in [6.07, 6.45) is 1.24. The van der Waals surface area contributed by atoms with Crippen LogP contribution in [0.3, 0.4) is 0 Å². The van der Waals surface area contributed by atoms with E-state index in [2.05, 4.69) is 25.8 Å². The highest BCUT2D eigenvalue weighted by Crippen LogP contribution is 2.24. The van der Waals surface area contributed by atoms with Crippen molar-refractivity contribution in [1.82, 2.24) is 4.98 Å². The van der Waals surface area contributed by atoms with E-state index in [1.54, 1.807) is 0 Å². The normalized spacial score (nSPS) is 12.5. The van der Waals surface area contributed by atoms with Crippen LogP contribution in [0.25, 0.3) is 0 Å². The number of rotatable bonds is 5. The number of pyridine rings is 1. The zero-order chi connectivity index (χ0) is 15.6. The molecule has 0 bridgehead atoms. The van der Waals surface area contributed by atoms with E-state index in [1.807, 2.05) is 24.1 Å². The Bertz CT molecular complexity index is 562. The molecule has 0 saturated heterocycles. The Balaban J connectivity index is 3.05. The summed E-state index contributed by atoms with van der Waals surface area (Å²) < 4.78 is 22.5. The van der Waals surface area contributed by atoms with Gasteiger partial charge in [-0.1, -0.05) is 20.8 Å². The maximum absolute atomic E-state index is 11.2. The van der Waals surface area contributed by atoms with Gasteiger partial charge in [-0.2, -0.15) is 0 Å². The van der Waals surface area contributed by atoms with Gasteiger partial charge in [-0.15, -0.1) is 0 Å². The molecule has 0 amide bonds. The van der Waals surface area contributed by atoms with Gasteiger partial charge in [0.2, 0.25) is 0 Å². The first-order valence-corrected chi connectivity index (χ1v) is 8.69. The van der Waals surface area contributed by atoms with E-state index < -0.39 is 9.84 Å². The number of aromatic nitrogens is 1. The van der Waals surface area contributed by atoms with Crippen molar-refractivity contribution in [3.05, 3.63) is 23.4 Å². The van der Waals surface area contributed by atoms with Gasteiger partial charge in [-0.25, -0.2) is 13.4 Å².